The molecule has 0 aliphatic rings. The van der Waals surface area contributed by atoms with Crippen molar-refractivity contribution in [2.24, 2.45) is 0 Å². The second-order valence-electron chi connectivity index (χ2n) is 4.05. The second-order valence-corrected chi connectivity index (χ2v) is 4.90. The second kappa shape index (κ2) is 6.43. The molecular formula is C15H13BrO4. The molecule has 2 aromatic carbocycles. The van der Waals surface area contributed by atoms with Gasteiger partial charge in [-0.05, 0) is 40.2 Å². The number of carbonyl (C=O) groups is 1. The number of ether oxygens (including phenoxy) is 2. The summed E-state index contributed by atoms with van der Waals surface area (Å²) in [6, 6.07) is 12.4. The van der Waals surface area contributed by atoms with Gasteiger partial charge >= 0.3 is 5.97 Å². The van der Waals surface area contributed by atoms with Crippen molar-refractivity contribution in [1.82, 2.24) is 0 Å². The Morgan fingerprint density at radius 2 is 2.00 bits per heavy atom. The number of methoxy groups -OCH3 is 1. The predicted octanol–water partition coefficient (Wildman–Crippen LogP) is 3.73. The van der Waals surface area contributed by atoms with Gasteiger partial charge in [-0.15, -0.1) is 0 Å². The molecule has 4 nitrogen and oxygen atoms in total. The third-order valence-electron chi connectivity index (χ3n) is 2.76. The highest BCUT2D eigenvalue weighted by Crippen LogP contribution is 2.24. The molecule has 0 spiro atoms. The van der Waals surface area contributed by atoms with Crippen LogP contribution in [0.3, 0.4) is 0 Å². The highest BCUT2D eigenvalue weighted by Gasteiger charge is 2.10. The lowest BCUT2D eigenvalue weighted by atomic mass is 10.2. The maximum absolute atomic E-state index is 11.0. The van der Waals surface area contributed by atoms with Crippen molar-refractivity contribution in [2.75, 3.05) is 7.11 Å². The Bertz CT molecular complexity index is 625. The first-order valence-electron chi connectivity index (χ1n) is 5.89. The molecule has 0 radical (unpaired) electrons. The Balaban J connectivity index is 2.15. The summed E-state index contributed by atoms with van der Waals surface area (Å²) in [5, 5.41) is 9.05. The van der Waals surface area contributed by atoms with Crippen molar-refractivity contribution in [2.45, 2.75) is 6.61 Å². The van der Waals surface area contributed by atoms with E-state index in [9.17, 15) is 4.79 Å². The van der Waals surface area contributed by atoms with E-state index >= 15 is 0 Å². The third kappa shape index (κ3) is 3.30. The molecule has 0 heterocycles. The number of para-hydroxylation sites is 1. The molecule has 20 heavy (non-hydrogen) atoms. The molecule has 1 N–H and O–H groups in total. The zero-order chi connectivity index (χ0) is 14.5. The highest BCUT2D eigenvalue weighted by molar-refractivity contribution is 9.10. The van der Waals surface area contributed by atoms with E-state index in [0.29, 0.717) is 16.8 Å². The van der Waals surface area contributed by atoms with Crippen molar-refractivity contribution >= 4 is 21.9 Å². The first-order valence-corrected chi connectivity index (χ1v) is 6.68. The molecule has 5 heteroatoms. The quantitative estimate of drug-likeness (QED) is 0.903. The molecule has 0 unspecified atom stereocenters. The van der Waals surface area contributed by atoms with Crippen molar-refractivity contribution in [3.8, 4) is 11.5 Å². The van der Waals surface area contributed by atoms with E-state index in [1.807, 2.05) is 24.3 Å². The summed E-state index contributed by atoms with van der Waals surface area (Å²) in [4.78, 5) is 11.0. The smallest absolute Gasteiger partial charge is 0.336 e. The molecule has 0 aliphatic carbocycles. The number of hydrogen-bond donors (Lipinski definition) is 1. The standard InChI is InChI=1S/C15H13BrO4/c1-19-14-5-3-2-4-10(14)9-20-11-6-7-13(16)12(8-11)15(17)18/h2-8H,9H2,1H3,(H,17,18). The van der Waals surface area contributed by atoms with Gasteiger partial charge in [-0.2, -0.15) is 0 Å². The van der Waals surface area contributed by atoms with Gasteiger partial charge in [0.15, 0.2) is 0 Å². The largest absolute Gasteiger partial charge is 0.496 e. The summed E-state index contributed by atoms with van der Waals surface area (Å²) < 4.78 is 11.4. The maximum Gasteiger partial charge on any atom is 0.336 e. The average Bonchev–Trinajstić information content (AvgIpc) is 2.46. The zero-order valence-electron chi connectivity index (χ0n) is 10.8. The Kier molecular flexibility index (Phi) is 4.63. The lowest BCUT2D eigenvalue weighted by Crippen LogP contribution is -2.01. The van der Waals surface area contributed by atoms with Gasteiger partial charge in [0, 0.05) is 10.0 Å². The van der Waals surface area contributed by atoms with Crippen LogP contribution in [0.15, 0.2) is 46.9 Å². The minimum absolute atomic E-state index is 0.169. The Morgan fingerprint density at radius 3 is 2.70 bits per heavy atom. The third-order valence-corrected chi connectivity index (χ3v) is 3.45. The van der Waals surface area contributed by atoms with Crippen molar-refractivity contribution in [1.29, 1.82) is 0 Å². The van der Waals surface area contributed by atoms with Crippen LogP contribution >= 0.6 is 15.9 Å². The summed E-state index contributed by atoms with van der Waals surface area (Å²) >= 11 is 3.19. The number of halogens is 1. The van der Waals surface area contributed by atoms with E-state index in [4.69, 9.17) is 14.6 Å². The highest BCUT2D eigenvalue weighted by atomic mass is 79.9. The SMILES string of the molecule is COc1ccccc1COc1ccc(Br)c(C(=O)O)c1. The van der Waals surface area contributed by atoms with Crippen LogP contribution in [-0.2, 0) is 6.61 Å². The lowest BCUT2D eigenvalue weighted by molar-refractivity contribution is 0.0695. The number of carboxylic acids is 1. The van der Waals surface area contributed by atoms with Gasteiger partial charge in [-0.3, -0.25) is 0 Å². The molecule has 2 rings (SSSR count). The van der Waals surface area contributed by atoms with E-state index in [1.165, 1.54) is 6.07 Å². The van der Waals surface area contributed by atoms with Crippen LogP contribution in [-0.4, -0.2) is 18.2 Å². The molecule has 0 bridgehead atoms. The van der Waals surface area contributed by atoms with E-state index < -0.39 is 5.97 Å². The van der Waals surface area contributed by atoms with E-state index in [0.717, 1.165) is 11.3 Å². The van der Waals surface area contributed by atoms with Crippen LogP contribution in [0.2, 0.25) is 0 Å². The molecule has 0 fully saturated rings. The summed E-state index contributed by atoms with van der Waals surface area (Å²) in [5.74, 6) is 0.235. The summed E-state index contributed by atoms with van der Waals surface area (Å²) in [6.45, 7) is 0.310. The molecule has 0 saturated heterocycles. The number of benzene rings is 2. The van der Waals surface area contributed by atoms with Crippen LogP contribution < -0.4 is 9.47 Å². The molecule has 0 atom stereocenters. The summed E-state index contributed by atoms with van der Waals surface area (Å²) in [6.07, 6.45) is 0. The van der Waals surface area contributed by atoms with Gasteiger partial charge in [-0.25, -0.2) is 4.79 Å². The van der Waals surface area contributed by atoms with Gasteiger partial charge in [0.05, 0.1) is 12.7 Å². The molecule has 0 aliphatic heterocycles. The molecule has 104 valence electrons. The van der Waals surface area contributed by atoms with Crippen LogP contribution in [0.1, 0.15) is 15.9 Å². The molecule has 0 saturated carbocycles. The van der Waals surface area contributed by atoms with Crippen molar-refractivity contribution in [3.05, 3.63) is 58.1 Å². The minimum Gasteiger partial charge on any atom is -0.496 e. The maximum atomic E-state index is 11.0. The van der Waals surface area contributed by atoms with Crippen molar-refractivity contribution in [3.63, 3.8) is 0 Å². The number of aromatic carboxylic acids is 1. The fraction of sp³-hybridized carbons (Fsp3) is 0.133. The predicted molar refractivity (Wildman–Crippen MR) is 78.4 cm³/mol. The van der Waals surface area contributed by atoms with Crippen LogP contribution in [0.25, 0.3) is 0 Å². The molecular weight excluding hydrogens is 324 g/mol. The van der Waals surface area contributed by atoms with Crippen LogP contribution in [0.4, 0.5) is 0 Å². The fourth-order valence-corrected chi connectivity index (χ4v) is 2.16. The monoisotopic (exact) mass is 336 g/mol. The van der Waals surface area contributed by atoms with Crippen molar-refractivity contribution < 1.29 is 19.4 Å². The normalized spacial score (nSPS) is 10.1. The molecule has 0 amide bonds. The van der Waals surface area contributed by atoms with Gasteiger partial charge < -0.3 is 14.6 Å². The number of carboxylic acid groups (broad SMARTS) is 1. The van der Waals surface area contributed by atoms with Gasteiger partial charge in [0.2, 0.25) is 0 Å². The van der Waals surface area contributed by atoms with Crippen LogP contribution in [0, 0.1) is 0 Å². The molecule has 0 aromatic heterocycles. The van der Waals surface area contributed by atoms with Gasteiger partial charge in [-0.1, -0.05) is 18.2 Å². The van der Waals surface area contributed by atoms with E-state index in [1.54, 1.807) is 19.2 Å². The lowest BCUT2D eigenvalue weighted by Gasteiger charge is -2.11. The molecule has 2 aromatic rings. The van der Waals surface area contributed by atoms with E-state index in [-0.39, 0.29) is 5.56 Å². The first-order chi connectivity index (χ1) is 9.61. The zero-order valence-corrected chi connectivity index (χ0v) is 12.4. The summed E-state index contributed by atoms with van der Waals surface area (Å²) in [5.41, 5.74) is 1.07. The minimum atomic E-state index is -1.00. The topological polar surface area (TPSA) is 55.8 Å². The first kappa shape index (κ1) is 14.4. The fourth-order valence-electron chi connectivity index (χ4n) is 1.74. The van der Waals surface area contributed by atoms with Gasteiger partial charge in [0.25, 0.3) is 0 Å². The summed E-state index contributed by atoms with van der Waals surface area (Å²) in [7, 11) is 1.60. The number of hydrogen-bond acceptors (Lipinski definition) is 3. The van der Waals surface area contributed by atoms with E-state index in [2.05, 4.69) is 15.9 Å². The average molecular weight is 337 g/mol. The number of rotatable bonds is 5. The Morgan fingerprint density at radius 1 is 1.25 bits per heavy atom. The van der Waals surface area contributed by atoms with Crippen LogP contribution in [0.5, 0.6) is 11.5 Å². The Labute approximate surface area is 125 Å². The van der Waals surface area contributed by atoms with Gasteiger partial charge in [0.1, 0.15) is 18.1 Å². The Hall–Kier alpha value is -2.01.